The lowest BCUT2D eigenvalue weighted by Crippen LogP contribution is -2.42. The molecule has 1 amide bonds. The number of aliphatic hydroxyl groups is 1. The number of nitrogens with zero attached hydrogens (tertiary/aromatic N) is 2. The molecule has 1 aromatic heterocycles. The summed E-state index contributed by atoms with van der Waals surface area (Å²) in [5, 5.41) is 10.5. The molecule has 5 heteroatoms. The molecule has 2 rings (SSSR count). The SMILES string of the molecule is CCN(CC(C)(C)O)C(=O)c1cc(Cl)cn1C1CC1. The van der Waals surface area contributed by atoms with Gasteiger partial charge in [-0.25, -0.2) is 0 Å². The van der Waals surface area contributed by atoms with E-state index in [2.05, 4.69) is 0 Å². The van der Waals surface area contributed by atoms with Crippen molar-refractivity contribution in [2.45, 2.75) is 45.3 Å². The first-order valence-corrected chi connectivity index (χ1v) is 7.08. The lowest BCUT2D eigenvalue weighted by Gasteiger charge is -2.28. The lowest BCUT2D eigenvalue weighted by molar-refractivity contribution is 0.0309. The van der Waals surface area contributed by atoms with Crippen molar-refractivity contribution in [1.82, 2.24) is 9.47 Å². The minimum absolute atomic E-state index is 0.0663. The molecule has 4 nitrogen and oxygen atoms in total. The van der Waals surface area contributed by atoms with Crippen molar-refractivity contribution >= 4 is 17.5 Å². The van der Waals surface area contributed by atoms with Gasteiger partial charge >= 0.3 is 0 Å². The van der Waals surface area contributed by atoms with Crippen LogP contribution in [0.4, 0.5) is 0 Å². The lowest BCUT2D eigenvalue weighted by atomic mass is 10.1. The molecular weight excluding hydrogens is 264 g/mol. The van der Waals surface area contributed by atoms with Crippen LogP contribution in [0.25, 0.3) is 0 Å². The second-order valence-electron chi connectivity index (χ2n) is 5.81. The highest BCUT2D eigenvalue weighted by molar-refractivity contribution is 6.31. The summed E-state index contributed by atoms with van der Waals surface area (Å²) in [6.07, 6.45) is 4.02. The van der Waals surface area contributed by atoms with Gasteiger partial charge in [-0.15, -0.1) is 0 Å². The number of carbonyl (C=O) groups excluding carboxylic acids is 1. The van der Waals surface area contributed by atoms with E-state index in [0.717, 1.165) is 12.8 Å². The third kappa shape index (κ3) is 3.51. The fourth-order valence-corrected chi connectivity index (χ4v) is 2.44. The molecule has 1 aromatic rings. The van der Waals surface area contributed by atoms with Crippen molar-refractivity contribution in [2.75, 3.05) is 13.1 Å². The summed E-state index contributed by atoms with van der Waals surface area (Å²) in [6.45, 7) is 6.20. The molecule has 0 spiro atoms. The van der Waals surface area contributed by atoms with E-state index in [0.29, 0.717) is 29.8 Å². The van der Waals surface area contributed by atoms with E-state index in [9.17, 15) is 9.90 Å². The van der Waals surface area contributed by atoms with Gasteiger partial charge in [0.2, 0.25) is 0 Å². The van der Waals surface area contributed by atoms with Crippen LogP contribution in [-0.2, 0) is 0 Å². The Bertz CT molecular complexity index is 472. The normalized spacial score (nSPS) is 15.6. The Labute approximate surface area is 119 Å². The summed E-state index contributed by atoms with van der Waals surface area (Å²) in [5.74, 6) is -0.0663. The number of amides is 1. The number of hydrogen-bond donors (Lipinski definition) is 1. The van der Waals surface area contributed by atoms with E-state index in [-0.39, 0.29) is 5.91 Å². The van der Waals surface area contributed by atoms with Crippen LogP contribution in [0.5, 0.6) is 0 Å². The summed E-state index contributed by atoms with van der Waals surface area (Å²) in [7, 11) is 0. The van der Waals surface area contributed by atoms with E-state index >= 15 is 0 Å². The van der Waals surface area contributed by atoms with E-state index < -0.39 is 5.60 Å². The number of halogens is 1. The average Bonchev–Trinajstić information content (AvgIpc) is 3.07. The fourth-order valence-electron chi connectivity index (χ4n) is 2.23. The van der Waals surface area contributed by atoms with Crippen molar-refractivity contribution in [3.63, 3.8) is 0 Å². The van der Waals surface area contributed by atoms with Gasteiger partial charge in [-0.3, -0.25) is 4.79 Å². The Morgan fingerprint density at radius 2 is 2.21 bits per heavy atom. The zero-order valence-corrected chi connectivity index (χ0v) is 12.4. The van der Waals surface area contributed by atoms with Crippen LogP contribution in [0.1, 0.15) is 50.1 Å². The molecule has 0 atom stereocenters. The summed E-state index contributed by atoms with van der Waals surface area (Å²) in [4.78, 5) is 14.2. The van der Waals surface area contributed by atoms with Crippen molar-refractivity contribution < 1.29 is 9.90 Å². The van der Waals surface area contributed by atoms with Gasteiger partial charge in [0, 0.05) is 25.3 Å². The van der Waals surface area contributed by atoms with Crippen LogP contribution in [0.2, 0.25) is 5.02 Å². The standard InChI is InChI=1S/C14H21ClN2O2/c1-4-16(9-14(2,3)19)13(18)12-7-10(15)8-17(12)11-5-6-11/h7-8,11,19H,4-6,9H2,1-3H3. The zero-order valence-electron chi connectivity index (χ0n) is 11.7. The van der Waals surface area contributed by atoms with Crippen LogP contribution < -0.4 is 0 Å². The molecule has 0 unspecified atom stereocenters. The Kier molecular flexibility index (Phi) is 3.92. The third-order valence-corrected chi connectivity index (χ3v) is 3.43. The molecule has 1 aliphatic rings. The van der Waals surface area contributed by atoms with Crippen LogP contribution in [0.15, 0.2) is 12.3 Å². The third-order valence-electron chi connectivity index (χ3n) is 3.22. The molecule has 0 radical (unpaired) electrons. The van der Waals surface area contributed by atoms with E-state index in [1.807, 2.05) is 17.7 Å². The van der Waals surface area contributed by atoms with E-state index in [1.54, 1.807) is 24.8 Å². The first-order valence-electron chi connectivity index (χ1n) is 6.71. The summed E-state index contributed by atoms with van der Waals surface area (Å²) in [5.41, 5.74) is -0.273. The predicted octanol–water partition coefficient (Wildman–Crippen LogP) is 2.71. The van der Waals surface area contributed by atoms with Crippen LogP contribution in [0.3, 0.4) is 0 Å². The summed E-state index contributed by atoms with van der Waals surface area (Å²) >= 11 is 6.02. The van der Waals surface area contributed by atoms with Gasteiger partial charge < -0.3 is 14.6 Å². The monoisotopic (exact) mass is 284 g/mol. The molecule has 0 saturated heterocycles. The highest BCUT2D eigenvalue weighted by atomic mass is 35.5. The van der Waals surface area contributed by atoms with Crippen LogP contribution in [-0.4, -0.2) is 39.2 Å². The number of aromatic nitrogens is 1. The summed E-state index contributed by atoms with van der Waals surface area (Å²) in [6, 6.07) is 2.13. The number of rotatable bonds is 5. The molecule has 1 saturated carbocycles. The molecular formula is C14H21ClN2O2. The zero-order chi connectivity index (χ0) is 14.2. The van der Waals surface area contributed by atoms with Gasteiger partial charge in [0.1, 0.15) is 5.69 Å². The molecule has 106 valence electrons. The topological polar surface area (TPSA) is 45.5 Å². The van der Waals surface area contributed by atoms with Gasteiger partial charge in [-0.2, -0.15) is 0 Å². The van der Waals surface area contributed by atoms with E-state index in [4.69, 9.17) is 11.6 Å². The second-order valence-corrected chi connectivity index (χ2v) is 6.25. The average molecular weight is 285 g/mol. The van der Waals surface area contributed by atoms with Crippen LogP contribution >= 0.6 is 11.6 Å². The Morgan fingerprint density at radius 3 is 2.68 bits per heavy atom. The molecule has 1 aliphatic carbocycles. The van der Waals surface area contributed by atoms with Gasteiger partial charge in [0.05, 0.1) is 10.6 Å². The van der Waals surface area contributed by atoms with Gasteiger partial charge in [0.25, 0.3) is 5.91 Å². The minimum atomic E-state index is -0.896. The molecule has 1 fully saturated rings. The maximum atomic E-state index is 12.6. The Hall–Kier alpha value is -1.00. The molecule has 0 aliphatic heterocycles. The molecule has 19 heavy (non-hydrogen) atoms. The van der Waals surface area contributed by atoms with Gasteiger partial charge in [0.15, 0.2) is 0 Å². The Morgan fingerprint density at radius 1 is 1.58 bits per heavy atom. The Balaban J connectivity index is 2.22. The highest BCUT2D eigenvalue weighted by Crippen LogP contribution is 2.37. The quantitative estimate of drug-likeness (QED) is 0.904. The van der Waals surface area contributed by atoms with Gasteiger partial charge in [-0.1, -0.05) is 11.6 Å². The number of hydrogen-bond acceptors (Lipinski definition) is 2. The molecule has 1 heterocycles. The van der Waals surface area contributed by atoms with Crippen molar-refractivity contribution in [3.8, 4) is 0 Å². The molecule has 0 aromatic carbocycles. The summed E-state index contributed by atoms with van der Waals surface area (Å²) < 4.78 is 1.97. The maximum Gasteiger partial charge on any atom is 0.270 e. The minimum Gasteiger partial charge on any atom is -0.389 e. The maximum absolute atomic E-state index is 12.6. The first kappa shape index (κ1) is 14.4. The highest BCUT2D eigenvalue weighted by Gasteiger charge is 2.30. The molecule has 0 bridgehead atoms. The predicted molar refractivity (Wildman–Crippen MR) is 75.6 cm³/mol. The molecule has 1 N–H and O–H groups in total. The van der Waals surface area contributed by atoms with E-state index in [1.165, 1.54) is 0 Å². The fraction of sp³-hybridized carbons (Fsp3) is 0.643. The van der Waals surface area contributed by atoms with Crippen LogP contribution in [0, 0.1) is 0 Å². The number of carbonyl (C=O) groups is 1. The van der Waals surface area contributed by atoms with Crippen molar-refractivity contribution in [1.29, 1.82) is 0 Å². The second kappa shape index (κ2) is 5.17. The van der Waals surface area contributed by atoms with Crippen molar-refractivity contribution in [3.05, 3.63) is 23.0 Å². The smallest absolute Gasteiger partial charge is 0.270 e. The largest absolute Gasteiger partial charge is 0.389 e. The number of likely N-dealkylation sites (N-methyl/N-ethyl adjacent to an activating group) is 1. The van der Waals surface area contributed by atoms with Crippen molar-refractivity contribution in [2.24, 2.45) is 0 Å². The first-order chi connectivity index (χ1) is 8.81. The van der Waals surface area contributed by atoms with Gasteiger partial charge in [-0.05, 0) is 39.7 Å².